The molecule has 5 heteroatoms. The molecule has 0 fully saturated rings. The van der Waals surface area contributed by atoms with Crippen molar-refractivity contribution in [2.45, 2.75) is 19.4 Å². The summed E-state index contributed by atoms with van der Waals surface area (Å²) in [6, 6.07) is 4.57. The minimum atomic E-state index is -0.937. The van der Waals surface area contributed by atoms with Crippen LogP contribution in [0, 0.1) is 0 Å². The molecule has 4 nitrogen and oxygen atoms in total. The maximum Gasteiger partial charge on any atom is 0.307 e. The summed E-state index contributed by atoms with van der Waals surface area (Å²) in [4.78, 5) is 20.9. The number of carboxylic acids is 1. The number of carbonyl (C=O) groups excluding carboxylic acids is 1. The van der Waals surface area contributed by atoms with Crippen molar-refractivity contribution in [3.05, 3.63) is 28.8 Å². The topological polar surface area (TPSA) is 63.6 Å². The summed E-state index contributed by atoms with van der Waals surface area (Å²) in [5.41, 5.74) is 0.447. The first-order valence-electron chi connectivity index (χ1n) is 4.66. The molecule has 0 aromatic heterocycles. The lowest BCUT2D eigenvalue weighted by Gasteiger charge is -2.13. The van der Waals surface area contributed by atoms with Gasteiger partial charge in [0.25, 0.3) is 0 Å². The van der Waals surface area contributed by atoms with Crippen molar-refractivity contribution in [3.63, 3.8) is 0 Å². The summed E-state index contributed by atoms with van der Waals surface area (Å²) in [5, 5.41) is 8.85. The van der Waals surface area contributed by atoms with Crippen molar-refractivity contribution >= 4 is 23.9 Å². The zero-order valence-electron chi connectivity index (χ0n) is 8.64. The van der Waals surface area contributed by atoms with Crippen LogP contribution in [-0.2, 0) is 4.79 Å². The highest BCUT2D eigenvalue weighted by Crippen LogP contribution is 2.26. The molecule has 1 aromatic carbocycles. The highest BCUT2D eigenvalue weighted by molar-refractivity contribution is 6.32. The Balaban J connectivity index is 2.74. The SMILES string of the molecule is C[C@H](CC(=O)O)Oc1ccc(C=O)cc1Cl. The van der Waals surface area contributed by atoms with Crippen LogP contribution in [0.4, 0.5) is 0 Å². The summed E-state index contributed by atoms with van der Waals surface area (Å²) in [7, 11) is 0. The molecular weight excluding hydrogens is 232 g/mol. The van der Waals surface area contributed by atoms with Gasteiger partial charge in [-0.1, -0.05) is 11.6 Å². The number of carboxylic acid groups (broad SMARTS) is 1. The largest absolute Gasteiger partial charge is 0.489 e. The number of aliphatic carboxylic acids is 1. The number of halogens is 1. The van der Waals surface area contributed by atoms with Gasteiger partial charge in [-0.2, -0.15) is 0 Å². The number of benzene rings is 1. The molecule has 0 heterocycles. The Morgan fingerprint density at radius 2 is 2.31 bits per heavy atom. The molecule has 0 unspecified atom stereocenters. The lowest BCUT2D eigenvalue weighted by molar-refractivity contribution is -0.138. The number of ether oxygens (including phenoxy) is 1. The van der Waals surface area contributed by atoms with Crippen molar-refractivity contribution in [2.75, 3.05) is 0 Å². The van der Waals surface area contributed by atoms with Gasteiger partial charge >= 0.3 is 5.97 Å². The quantitative estimate of drug-likeness (QED) is 0.806. The van der Waals surface area contributed by atoms with Gasteiger partial charge in [0, 0.05) is 5.56 Å². The molecule has 0 bridgehead atoms. The molecule has 0 amide bonds. The molecule has 0 aliphatic heterocycles. The van der Waals surface area contributed by atoms with E-state index in [1.807, 2.05) is 0 Å². The van der Waals surface area contributed by atoms with Crippen molar-refractivity contribution in [1.29, 1.82) is 0 Å². The van der Waals surface area contributed by atoms with Crippen molar-refractivity contribution in [3.8, 4) is 5.75 Å². The second-order valence-corrected chi connectivity index (χ2v) is 3.74. The smallest absolute Gasteiger partial charge is 0.307 e. The van der Waals surface area contributed by atoms with E-state index in [-0.39, 0.29) is 6.42 Å². The van der Waals surface area contributed by atoms with Gasteiger partial charge in [-0.15, -0.1) is 0 Å². The van der Waals surface area contributed by atoms with Crippen LogP contribution in [0.1, 0.15) is 23.7 Å². The van der Waals surface area contributed by atoms with Crippen LogP contribution < -0.4 is 4.74 Å². The van der Waals surface area contributed by atoms with Crippen LogP contribution in [0.3, 0.4) is 0 Å². The van der Waals surface area contributed by atoms with Crippen LogP contribution in [0.25, 0.3) is 0 Å². The lowest BCUT2D eigenvalue weighted by atomic mass is 10.2. The Morgan fingerprint density at radius 3 is 2.81 bits per heavy atom. The predicted octanol–water partition coefficient (Wildman–Crippen LogP) is 2.39. The van der Waals surface area contributed by atoms with Gasteiger partial charge in [0.15, 0.2) is 0 Å². The molecule has 1 N–H and O–H groups in total. The highest BCUT2D eigenvalue weighted by Gasteiger charge is 2.11. The Bertz CT molecular complexity index is 403. The summed E-state index contributed by atoms with van der Waals surface area (Å²) in [6.45, 7) is 1.64. The van der Waals surface area contributed by atoms with Gasteiger partial charge in [0.1, 0.15) is 18.1 Å². The Hall–Kier alpha value is -1.55. The molecule has 86 valence electrons. The maximum atomic E-state index is 10.5. The second kappa shape index (κ2) is 5.51. The van der Waals surface area contributed by atoms with Gasteiger partial charge in [-0.3, -0.25) is 9.59 Å². The molecule has 1 rings (SSSR count). The van der Waals surface area contributed by atoms with Gasteiger partial charge in [-0.25, -0.2) is 0 Å². The third-order valence-corrected chi connectivity index (χ3v) is 2.18. The van der Waals surface area contributed by atoms with E-state index in [0.29, 0.717) is 22.6 Å². The Labute approximate surface area is 97.8 Å². The Kier molecular flexibility index (Phi) is 4.31. The molecule has 0 aliphatic carbocycles. The zero-order chi connectivity index (χ0) is 12.1. The summed E-state index contributed by atoms with van der Waals surface area (Å²) in [6.07, 6.45) is 0.0966. The fourth-order valence-corrected chi connectivity index (χ4v) is 1.42. The average molecular weight is 243 g/mol. The standard InChI is InChI=1S/C11H11ClO4/c1-7(4-11(14)15)16-10-3-2-8(6-13)5-9(10)12/h2-3,5-7H,4H2,1H3,(H,14,15)/t7-/m1/s1. The van der Waals surface area contributed by atoms with E-state index in [9.17, 15) is 9.59 Å². The van der Waals surface area contributed by atoms with E-state index in [1.165, 1.54) is 6.07 Å². The van der Waals surface area contributed by atoms with E-state index in [2.05, 4.69) is 0 Å². The van der Waals surface area contributed by atoms with E-state index < -0.39 is 12.1 Å². The maximum absolute atomic E-state index is 10.5. The molecule has 1 aromatic rings. The Morgan fingerprint density at radius 1 is 1.62 bits per heavy atom. The average Bonchev–Trinajstić information content (AvgIpc) is 2.19. The fourth-order valence-electron chi connectivity index (χ4n) is 1.19. The number of hydrogen-bond acceptors (Lipinski definition) is 3. The van der Waals surface area contributed by atoms with Crippen LogP contribution in [0.5, 0.6) is 5.75 Å². The summed E-state index contributed by atoms with van der Waals surface area (Å²) in [5.74, 6) is -0.561. The van der Waals surface area contributed by atoms with Gasteiger partial charge < -0.3 is 9.84 Å². The molecular formula is C11H11ClO4. The normalized spacial score (nSPS) is 11.9. The minimum Gasteiger partial charge on any atom is -0.489 e. The van der Waals surface area contributed by atoms with Gasteiger partial charge in [-0.05, 0) is 25.1 Å². The highest BCUT2D eigenvalue weighted by atomic mass is 35.5. The monoisotopic (exact) mass is 242 g/mol. The molecule has 0 radical (unpaired) electrons. The minimum absolute atomic E-state index is 0.105. The second-order valence-electron chi connectivity index (χ2n) is 3.33. The first-order valence-corrected chi connectivity index (χ1v) is 5.04. The molecule has 0 saturated heterocycles. The van der Waals surface area contributed by atoms with E-state index in [1.54, 1.807) is 19.1 Å². The third kappa shape index (κ3) is 3.55. The van der Waals surface area contributed by atoms with Gasteiger partial charge in [0.2, 0.25) is 0 Å². The molecule has 0 aliphatic rings. The lowest BCUT2D eigenvalue weighted by Crippen LogP contribution is -2.16. The molecule has 0 saturated carbocycles. The first-order chi connectivity index (χ1) is 7.52. The van der Waals surface area contributed by atoms with Crippen LogP contribution in [0.2, 0.25) is 5.02 Å². The van der Waals surface area contributed by atoms with Crippen LogP contribution >= 0.6 is 11.6 Å². The predicted molar refractivity (Wildman–Crippen MR) is 59.2 cm³/mol. The first kappa shape index (κ1) is 12.5. The number of rotatable bonds is 5. The zero-order valence-corrected chi connectivity index (χ0v) is 9.40. The van der Waals surface area contributed by atoms with Crippen LogP contribution in [-0.4, -0.2) is 23.5 Å². The van der Waals surface area contributed by atoms with Crippen molar-refractivity contribution in [2.24, 2.45) is 0 Å². The van der Waals surface area contributed by atoms with Crippen molar-refractivity contribution in [1.82, 2.24) is 0 Å². The summed E-state index contributed by atoms with van der Waals surface area (Å²) >= 11 is 5.86. The number of aldehydes is 1. The van der Waals surface area contributed by atoms with E-state index in [4.69, 9.17) is 21.4 Å². The van der Waals surface area contributed by atoms with Crippen LogP contribution in [0.15, 0.2) is 18.2 Å². The molecule has 16 heavy (non-hydrogen) atoms. The molecule has 0 spiro atoms. The van der Waals surface area contributed by atoms with Gasteiger partial charge in [0.05, 0.1) is 11.4 Å². The fraction of sp³-hybridized carbons (Fsp3) is 0.273. The van der Waals surface area contributed by atoms with Crippen molar-refractivity contribution < 1.29 is 19.4 Å². The number of hydrogen-bond donors (Lipinski definition) is 1. The molecule has 1 atom stereocenters. The number of carbonyl (C=O) groups is 2. The van der Waals surface area contributed by atoms with E-state index in [0.717, 1.165) is 0 Å². The summed E-state index contributed by atoms with van der Waals surface area (Å²) < 4.78 is 5.33. The third-order valence-electron chi connectivity index (χ3n) is 1.88. The van der Waals surface area contributed by atoms with E-state index >= 15 is 0 Å².